The zero-order valence-electron chi connectivity index (χ0n) is 17.0. The first kappa shape index (κ1) is 22.1. The van der Waals surface area contributed by atoms with Gasteiger partial charge in [-0.1, -0.05) is 23.2 Å². The minimum absolute atomic E-state index is 0.0356. The molecule has 32 heavy (non-hydrogen) atoms. The Labute approximate surface area is 195 Å². The fourth-order valence-corrected chi connectivity index (χ4v) is 4.88. The number of sulfonamides is 1. The SMILES string of the molecule is Cc1cc(S(=O)(=O)Nc2ccc(Nc3cc(-n4ccnc4C)ncn3)cc2)c(Cl)cc1Cl. The van der Waals surface area contributed by atoms with Crippen LogP contribution in [0.4, 0.5) is 17.2 Å². The van der Waals surface area contributed by atoms with Crippen molar-refractivity contribution < 1.29 is 8.42 Å². The van der Waals surface area contributed by atoms with Crippen molar-refractivity contribution in [2.75, 3.05) is 10.0 Å². The molecular weight excluding hydrogens is 471 g/mol. The number of hydrogen-bond acceptors (Lipinski definition) is 6. The van der Waals surface area contributed by atoms with Gasteiger partial charge in [0, 0.05) is 34.9 Å². The van der Waals surface area contributed by atoms with E-state index in [2.05, 4.69) is 25.0 Å². The molecule has 0 fully saturated rings. The van der Waals surface area contributed by atoms with Crippen molar-refractivity contribution in [1.82, 2.24) is 19.5 Å². The number of aromatic nitrogens is 4. The monoisotopic (exact) mass is 488 g/mol. The van der Waals surface area contributed by atoms with Crippen LogP contribution in [0.3, 0.4) is 0 Å². The van der Waals surface area contributed by atoms with E-state index in [4.69, 9.17) is 23.2 Å². The van der Waals surface area contributed by atoms with Gasteiger partial charge in [-0.25, -0.2) is 23.4 Å². The van der Waals surface area contributed by atoms with Crippen LogP contribution in [0.25, 0.3) is 5.82 Å². The highest BCUT2D eigenvalue weighted by atomic mass is 35.5. The highest BCUT2D eigenvalue weighted by Crippen LogP contribution is 2.30. The van der Waals surface area contributed by atoms with Crippen molar-refractivity contribution >= 4 is 50.4 Å². The molecule has 0 atom stereocenters. The van der Waals surface area contributed by atoms with Gasteiger partial charge >= 0.3 is 0 Å². The van der Waals surface area contributed by atoms with Gasteiger partial charge in [-0.05, 0) is 55.8 Å². The Hall–Kier alpha value is -3.14. The Morgan fingerprint density at radius 2 is 1.62 bits per heavy atom. The average Bonchev–Trinajstić information content (AvgIpc) is 3.18. The van der Waals surface area contributed by atoms with Crippen molar-refractivity contribution in [3.63, 3.8) is 0 Å². The maximum absolute atomic E-state index is 12.8. The van der Waals surface area contributed by atoms with Crippen molar-refractivity contribution in [2.24, 2.45) is 0 Å². The van der Waals surface area contributed by atoms with Crippen molar-refractivity contribution in [3.05, 3.63) is 82.6 Å². The average molecular weight is 489 g/mol. The second-order valence-corrected chi connectivity index (χ2v) is 9.41. The number of rotatable bonds is 6. The van der Waals surface area contributed by atoms with E-state index in [1.165, 1.54) is 18.5 Å². The summed E-state index contributed by atoms with van der Waals surface area (Å²) in [6.45, 7) is 3.60. The fraction of sp³-hybridized carbons (Fsp3) is 0.0952. The van der Waals surface area contributed by atoms with Crippen LogP contribution in [0.5, 0.6) is 0 Å². The lowest BCUT2D eigenvalue weighted by molar-refractivity contribution is 0.601. The third kappa shape index (κ3) is 4.69. The predicted molar refractivity (Wildman–Crippen MR) is 126 cm³/mol. The normalized spacial score (nSPS) is 11.4. The van der Waals surface area contributed by atoms with Crippen LogP contribution in [0.2, 0.25) is 10.0 Å². The standard InChI is InChI=1S/C21H18Cl2N6O2S/c1-13-9-19(18(23)10-17(13)22)32(30,31)28-16-5-3-15(4-6-16)27-20-11-21(26-12-25-20)29-8-7-24-14(29)2/h3-12,28H,1-2H3,(H,25,26,27). The highest BCUT2D eigenvalue weighted by Gasteiger charge is 2.19. The zero-order valence-corrected chi connectivity index (χ0v) is 19.4. The molecule has 4 rings (SSSR count). The Kier molecular flexibility index (Phi) is 6.05. The van der Waals surface area contributed by atoms with Gasteiger partial charge in [-0.15, -0.1) is 0 Å². The minimum atomic E-state index is -3.88. The molecule has 0 aliphatic rings. The van der Waals surface area contributed by atoms with E-state index in [0.717, 1.165) is 11.5 Å². The topological polar surface area (TPSA) is 102 Å². The number of hydrogen-bond donors (Lipinski definition) is 2. The van der Waals surface area contributed by atoms with E-state index >= 15 is 0 Å². The highest BCUT2D eigenvalue weighted by molar-refractivity contribution is 7.92. The van der Waals surface area contributed by atoms with Crippen molar-refractivity contribution in [2.45, 2.75) is 18.7 Å². The number of aryl methyl sites for hydroxylation is 2. The van der Waals surface area contributed by atoms with Gasteiger partial charge < -0.3 is 5.32 Å². The van der Waals surface area contributed by atoms with Crippen LogP contribution < -0.4 is 10.0 Å². The number of nitrogens with one attached hydrogen (secondary N) is 2. The van der Waals surface area contributed by atoms with Crippen LogP contribution in [-0.4, -0.2) is 27.9 Å². The van der Waals surface area contributed by atoms with Crippen LogP contribution in [0.15, 0.2) is 66.1 Å². The van der Waals surface area contributed by atoms with E-state index in [-0.39, 0.29) is 9.92 Å². The van der Waals surface area contributed by atoms with Gasteiger partial charge in [0.05, 0.1) is 5.02 Å². The zero-order chi connectivity index (χ0) is 22.9. The Balaban J connectivity index is 1.51. The summed E-state index contributed by atoms with van der Waals surface area (Å²) in [5.74, 6) is 2.07. The third-order valence-corrected chi connectivity index (χ3v) is 6.89. The molecule has 11 heteroatoms. The number of benzene rings is 2. The second kappa shape index (κ2) is 8.78. The van der Waals surface area contributed by atoms with E-state index in [0.29, 0.717) is 27.9 Å². The summed E-state index contributed by atoms with van der Waals surface area (Å²) in [4.78, 5) is 12.6. The van der Waals surface area contributed by atoms with E-state index in [9.17, 15) is 8.42 Å². The molecule has 4 aromatic rings. The largest absolute Gasteiger partial charge is 0.340 e. The number of nitrogens with zero attached hydrogens (tertiary/aromatic N) is 4. The fourth-order valence-electron chi connectivity index (χ4n) is 2.98. The summed E-state index contributed by atoms with van der Waals surface area (Å²) in [5.41, 5.74) is 1.73. The predicted octanol–water partition coefficient (Wildman–Crippen LogP) is 5.13. The minimum Gasteiger partial charge on any atom is -0.340 e. The molecule has 0 unspecified atom stereocenters. The number of imidazole rings is 1. The van der Waals surface area contributed by atoms with Gasteiger partial charge in [0.2, 0.25) is 0 Å². The molecule has 0 spiro atoms. The summed E-state index contributed by atoms with van der Waals surface area (Å²) >= 11 is 12.1. The second-order valence-electron chi connectivity index (χ2n) is 6.95. The quantitative estimate of drug-likeness (QED) is 0.389. The summed E-state index contributed by atoms with van der Waals surface area (Å²) in [6.07, 6.45) is 4.97. The first-order valence-corrected chi connectivity index (χ1v) is 11.6. The van der Waals surface area contributed by atoms with Crippen molar-refractivity contribution in [3.8, 4) is 5.82 Å². The first-order chi connectivity index (χ1) is 15.2. The molecule has 0 radical (unpaired) electrons. The maximum Gasteiger partial charge on any atom is 0.263 e. The summed E-state index contributed by atoms with van der Waals surface area (Å²) < 4.78 is 29.9. The lowest BCUT2D eigenvalue weighted by Crippen LogP contribution is -2.13. The molecule has 0 amide bonds. The molecule has 8 nitrogen and oxygen atoms in total. The van der Waals surface area contributed by atoms with Gasteiger partial charge in [0.25, 0.3) is 10.0 Å². The van der Waals surface area contributed by atoms with Crippen LogP contribution >= 0.6 is 23.2 Å². The van der Waals surface area contributed by atoms with Crippen molar-refractivity contribution in [1.29, 1.82) is 0 Å². The van der Waals surface area contributed by atoms with E-state index < -0.39 is 10.0 Å². The van der Waals surface area contributed by atoms with Gasteiger partial charge in [0.1, 0.15) is 28.7 Å². The lowest BCUT2D eigenvalue weighted by atomic mass is 10.2. The van der Waals surface area contributed by atoms with Crippen LogP contribution in [0, 0.1) is 13.8 Å². The Morgan fingerprint density at radius 3 is 2.31 bits per heavy atom. The lowest BCUT2D eigenvalue weighted by Gasteiger charge is -2.12. The Bertz CT molecular complexity index is 1390. The number of anilines is 3. The molecule has 0 aliphatic heterocycles. The first-order valence-electron chi connectivity index (χ1n) is 9.41. The smallest absolute Gasteiger partial charge is 0.263 e. The molecule has 0 bridgehead atoms. The van der Waals surface area contributed by atoms with Crippen LogP contribution in [-0.2, 0) is 10.0 Å². The summed E-state index contributed by atoms with van der Waals surface area (Å²) in [5, 5.41) is 3.63. The van der Waals surface area contributed by atoms with E-state index in [1.54, 1.807) is 43.5 Å². The molecule has 2 N–H and O–H groups in total. The van der Waals surface area contributed by atoms with Gasteiger partial charge in [-0.3, -0.25) is 9.29 Å². The molecule has 0 saturated heterocycles. The molecule has 164 valence electrons. The molecule has 2 aromatic carbocycles. The van der Waals surface area contributed by atoms with Crippen LogP contribution in [0.1, 0.15) is 11.4 Å². The molecule has 0 saturated carbocycles. The Morgan fingerprint density at radius 1 is 0.906 bits per heavy atom. The van der Waals surface area contributed by atoms with Gasteiger partial charge in [-0.2, -0.15) is 0 Å². The molecular formula is C21H18Cl2N6O2S. The maximum atomic E-state index is 12.8. The summed E-state index contributed by atoms with van der Waals surface area (Å²) in [7, 11) is -3.88. The van der Waals surface area contributed by atoms with Gasteiger partial charge in [0.15, 0.2) is 0 Å². The van der Waals surface area contributed by atoms with E-state index in [1.807, 2.05) is 17.7 Å². The molecule has 0 aliphatic carbocycles. The summed E-state index contributed by atoms with van der Waals surface area (Å²) in [6, 6.07) is 11.4. The number of halogens is 2. The third-order valence-electron chi connectivity index (χ3n) is 4.64. The molecule has 2 heterocycles. The molecule has 2 aromatic heterocycles.